The number of para-hydroxylation sites is 1. The Morgan fingerprint density at radius 3 is 2.68 bits per heavy atom. The molecule has 3 aromatic rings. The third kappa shape index (κ3) is 3.02. The molecule has 114 valence electrons. The Bertz CT molecular complexity index is 892. The number of aromatic nitrogens is 5. The molecule has 2 aromatic heterocycles. The molecule has 0 aliphatic heterocycles. The van der Waals surface area contributed by atoms with E-state index in [-0.39, 0.29) is 12.3 Å². The van der Waals surface area contributed by atoms with Crippen LogP contribution in [-0.2, 0) is 10.0 Å². The second-order valence-electron chi connectivity index (χ2n) is 4.53. The van der Waals surface area contributed by atoms with Crippen LogP contribution in [0.3, 0.4) is 0 Å². The molecule has 0 unspecified atom stereocenters. The van der Waals surface area contributed by atoms with Crippen molar-refractivity contribution in [3.63, 3.8) is 0 Å². The van der Waals surface area contributed by atoms with Crippen molar-refractivity contribution in [2.45, 2.75) is 0 Å². The summed E-state index contributed by atoms with van der Waals surface area (Å²) in [7, 11) is -3.53. The Kier molecular flexibility index (Phi) is 3.69. The SMILES string of the molecule is NS(=O)(=O)CCNc1ncnc2c1nnn2-c1ccccc1. The number of primary sulfonamides is 1. The van der Waals surface area contributed by atoms with Crippen LogP contribution in [-0.4, -0.2) is 45.7 Å². The minimum absolute atomic E-state index is 0.128. The number of benzene rings is 1. The van der Waals surface area contributed by atoms with Crippen LogP contribution in [0.4, 0.5) is 5.82 Å². The van der Waals surface area contributed by atoms with Gasteiger partial charge in [0.25, 0.3) is 0 Å². The molecule has 0 saturated carbocycles. The van der Waals surface area contributed by atoms with E-state index in [0.717, 1.165) is 5.69 Å². The van der Waals surface area contributed by atoms with E-state index in [0.29, 0.717) is 17.0 Å². The van der Waals surface area contributed by atoms with Gasteiger partial charge in [0.15, 0.2) is 17.0 Å². The summed E-state index contributed by atoms with van der Waals surface area (Å²) < 4.78 is 23.5. The van der Waals surface area contributed by atoms with Gasteiger partial charge in [0, 0.05) is 6.54 Å². The maximum absolute atomic E-state index is 10.9. The molecule has 0 spiro atoms. The minimum Gasteiger partial charge on any atom is -0.367 e. The largest absolute Gasteiger partial charge is 0.367 e. The second kappa shape index (κ2) is 5.66. The average molecular weight is 319 g/mol. The van der Waals surface area contributed by atoms with Gasteiger partial charge in [-0.05, 0) is 12.1 Å². The van der Waals surface area contributed by atoms with E-state index in [4.69, 9.17) is 5.14 Å². The van der Waals surface area contributed by atoms with Crippen LogP contribution in [0, 0.1) is 0 Å². The highest BCUT2D eigenvalue weighted by Crippen LogP contribution is 2.18. The highest BCUT2D eigenvalue weighted by Gasteiger charge is 2.13. The third-order valence-corrected chi connectivity index (χ3v) is 3.69. The minimum atomic E-state index is -3.53. The van der Waals surface area contributed by atoms with Gasteiger partial charge in [0.1, 0.15) is 6.33 Å². The summed E-state index contributed by atoms with van der Waals surface area (Å²) in [6.07, 6.45) is 1.37. The summed E-state index contributed by atoms with van der Waals surface area (Å²) in [4.78, 5) is 8.24. The van der Waals surface area contributed by atoms with E-state index < -0.39 is 10.0 Å². The van der Waals surface area contributed by atoms with Crippen molar-refractivity contribution >= 4 is 27.0 Å². The molecule has 0 radical (unpaired) electrons. The molecule has 10 heteroatoms. The molecule has 0 bridgehead atoms. The lowest BCUT2D eigenvalue weighted by Gasteiger charge is -2.04. The maximum Gasteiger partial charge on any atom is 0.210 e. The Morgan fingerprint density at radius 2 is 1.95 bits per heavy atom. The molecule has 2 heterocycles. The molecule has 0 atom stereocenters. The quantitative estimate of drug-likeness (QED) is 0.672. The lowest BCUT2D eigenvalue weighted by atomic mass is 10.3. The van der Waals surface area contributed by atoms with Crippen LogP contribution >= 0.6 is 0 Å². The van der Waals surface area contributed by atoms with Gasteiger partial charge < -0.3 is 5.32 Å². The van der Waals surface area contributed by atoms with E-state index in [1.807, 2.05) is 30.3 Å². The number of nitrogens with one attached hydrogen (secondary N) is 1. The lowest BCUT2D eigenvalue weighted by molar-refractivity contribution is 0.598. The van der Waals surface area contributed by atoms with Crippen molar-refractivity contribution in [3.8, 4) is 5.69 Å². The van der Waals surface area contributed by atoms with Crippen molar-refractivity contribution in [2.24, 2.45) is 5.14 Å². The van der Waals surface area contributed by atoms with Gasteiger partial charge in [-0.2, -0.15) is 4.68 Å². The maximum atomic E-state index is 10.9. The van der Waals surface area contributed by atoms with Crippen LogP contribution in [0.5, 0.6) is 0 Å². The standard InChI is InChI=1S/C12H13N7O2S/c13-22(20,21)7-6-14-11-10-12(16-8-15-11)19(18-17-10)9-4-2-1-3-5-9/h1-5,8H,6-7H2,(H2,13,20,21)(H,14,15,16). The van der Waals surface area contributed by atoms with E-state index in [1.165, 1.54) is 6.33 Å². The molecule has 22 heavy (non-hydrogen) atoms. The second-order valence-corrected chi connectivity index (χ2v) is 6.26. The van der Waals surface area contributed by atoms with Gasteiger partial charge in [-0.25, -0.2) is 23.5 Å². The summed E-state index contributed by atoms with van der Waals surface area (Å²) in [5.41, 5.74) is 1.80. The van der Waals surface area contributed by atoms with Gasteiger partial charge >= 0.3 is 0 Å². The zero-order valence-corrected chi connectivity index (χ0v) is 12.2. The third-order valence-electron chi connectivity index (χ3n) is 2.92. The summed E-state index contributed by atoms with van der Waals surface area (Å²) in [5, 5.41) is 16.0. The number of anilines is 1. The van der Waals surface area contributed by atoms with E-state index >= 15 is 0 Å². The van der Waals surface area contributed by atoms with Crippen molar-refractivity contribution in [1.82, 2.24) is 25.0 Å². The van der Waals surface area contributed by atoms with Crippen molar-refractivity contribution < 1.29 is 8.42 Å². The number of sulfonamides is 1. The number of rotatable bonds is 5. The van der Waals surface area contributed by atoms with Crippen LogP contribution in [0.15, 0.2) is 36.7 Å². The Balaban J connectivity index is 1.92. The van der Waals surface area contributed by atoms with Gasteiger partial charge in [-0.1, -0.05) is 23.4 Å². The number of hydrogen-bond acceptors (Lipinski definition) is 7. The summed E-state index contributed by atoms with van der Waals surface area (Å²) >= 11 is 0. The molecule has 0 amide bonds. The average Bonchev–Trinajstić information content (AvgIpc) is 2.92. The predicted octanol–water partition coefficient (Wildman–Crippen LogP) is -0.0891. The fourth-order valence-corrected chi connectivity index (χ4v) is 2.32. The van der Waals surface area contributed by atoms with Gasteiger partial charge in [0.2, 0.25) is 10.0 Å². The Labute approximate surface area is 126 Å². The molecule has 9 nitrogen and oxygen atoms in total. The first-order valence-corrected chi connectivity index (χ1v) is 8.12. The fourth-order valence-electron chi connectivity index (χ4n) is 1.93. The number of hydrogen-bond donors (Lipinski definition) is 2. The zero-order chi connectivity index (χ0) is 15.6. The predicted molar refractivity (Wildman–Crippen MR) is 80.9 cm³/mol. The van der Waals surface area contributed by atoms with Crippen molar-refractivity contribution in [3.05, 3.63) is 36.7 Å². The summed E-state index contributed by atoms with van der Waals surface area (Å²) in [5.74, 6) is 0.210. The smallest absolute Gasteiger partial charge is 0.210 e. The first kappa shape index (κ1) is 14.4. The summed E-state index contributed by atoms with van der Waals surface area (Å²) in [6, 6.07) is 9.43. The Morgan fingerprint density at radius 1 is 1.18 bits per heavy atom. The highest BCUT2D eigenvalue weighted by molar-refractivity contribution is 7.89. The number of nitrogens with zero attached hydrogens (tertiary/aromatic N) is 5. The van der Waals surface area contributed by atoms with E-state index in [9.17, 15) is 8.42 Å². The normalized spacial score (nSPS) is 11.7. The highest BCUT2D eigenvalue weighted by atomic mass is 32.2. The van der Waals surface area contributed by atoms with Gasteiger partial charge in [-0.15, -0.1) is 5.10 Å². The molecule has 3 N–H and O–H groups in total. The molecule has 0 fully saturated rings. The first-order chi connectivity index (χ1) is 10.5. The van der Waals surface area contributed by atoms with Gasteiger partial charge in [-0.3, -0.25) is 0 Å². The van der Waals surface area contributed by atoms with Crippen LogP contribution < -0.4 is 10.5 Å². The molecule has 0 aliphatic rings. The van der Waals surface area contributed by atoms with Crippen molar-refractivity contribution in [2.75, 3.05) is 17.6 Å². The molecule has 1 aromatic carbocycles. The van der Waals surface area contributed by atoms with Crippen LogP contribution in [0.2, 0.25) is 0 Å². The fraction of sp³-hybridized carbons (Fsp3) is 0.167. The van der Waals surface area contributed by atoms with E-state index in [1.54, 1.807) is 4.68 Å². The van der Waals surface area contributed by atoms with Crippen LogP contribution in [0.25, 0.3) is 16.9 Å². The molecule has 0 aliphatic carbocycles. The molecular weight excluding hydrogens is 306 g/mol. The van der Waals surface area contributed by atoms with Gasteiger partial charge in [0.05, 0.1) is 11.4 Å². The topological polar surface area (TPSA) is 129 Å². The monoisotopic (exact) mass is 319 g/mol. The zero-order valence-electron chi connectivity index (χ0n) is 11.4. The Hall–Kier alpha value is -2.59. The first-order valence-electron chi connectivity index (χ1n) is 6.41. The lowest BCUT2D eigenvalue weighted by Crippen LogP contribution is -2.22. The summed E-state index contributed by atoms with van der Waals surface area (Å²) in [6.45, 7) is 0.128. The number of fused-ring (bicyclic) bond motifs is 1. The molecule has 0 saturated heterocycles. The van der Waals surface area contributed by atoms with Crippen molar-refractivity contribution in [1.29, 1.82) is 0 Å². The van der Waals surface area contributed by atoms with Crippen LogP contribution in [0.1, 0.15) is 0 Å². The molecule has 3 rings (SSSR count). The van der Waals surface area contributed by atoms with E-state index in [2.05, 4.69) is 25.6 Å². The molecular formula is C12H13N7O2S. The number of nitrogens with two attached hydrogens (primary N) is 1.